The van der Waals surface area contributed by atoms with Crippen LogP contribution < -0.4 is 5.32 Å². The number of carboxylic acids is 1. The number of fused-ring (bicyclic) bond motifs is 1. The maximum Gasteiger partial charge on any atom is 0.356 e. The van der Waals surface area contributed by atoms with Crippen LogP contribution in [0, 0.1) is 0 Å². The van der Waals surface area contributed by atoms with E-state index in [1.165, 1.54) is 0 Å². The van der Waals surface area contributed by atoms with Gasteiger partial charge in [0.05, 0.1) is 19.4 Å². The molecule has 2 N–H and O–H groups in total. The predicted molar refractivity (Wildman–Crippen MR) is 94.0 cm³/mol. The third-order valence-electron chi connectivity index (χ3n) is 4.60. The largest absolute Gasteiger partial charge is 0.476 e. The highest BCUT2D eigenvalue weighted by molar-refractivity contribution is 5.87. The molecule has 3 aromatic rings. The summed E-state index contributed by atoms with van der Waals surface area (Å²) in [6.45, 7) is 4.64. The number of nitrogens with one attached hydrogen (secondary N) is 1. The number of rotatable bonds is 7. The van der Waals surface area contributed by atoms with Gasteiger partial charge >= 0.3 is 5.97 Å². The van der Waals surface area contributed by atoms with Crippen molar-refractivity contribution in [3.8, 4) is 11.7 Å². The number of hydrogen-bond donors (Lipinski definition) is 2. The zero-order chi connectivity index (χ0) is 18.8. The lowest BCUT2D eigenvalue weighted by molar-refractivity contribution is 0.0688. The van der Waals surface area contributed by atoms with E-state index in [0.29, 0.717) is 37.0 Å². The van der Waals surface area contributed by atoms with Crippen molar-refractivity contribution in [1.29, 1.82) is 0 Å². The van der Waals surface area contributed by atoms with E-state index in [1.54, 1.807) is 29.2 Å². The highest BCUT2D eigenvalue weighted by Gasteiger charge is 2.28. The van der Waals surface area contributed by atoms with Crippen LogP contribution in [-0.4, -0.2) is 37.0 Å². The molecule has 0 radical (unpaired) electrons. The molecule has 1 unspecified atom stereocenters. The zero-order valence-electron chi connectivity index (χ0n) is 14.6. The van der Waals surface area contributed by atoms with Crippen molar-refractivity contribution in [1.82, 2.24) is 25.2 Å². The molecule has 140 valence electrons. The SMILES string of the molecule is C=CCn1nc(C(=O)O)c2c1CCC(NCc1noc(-c3ccco3)n1)C2. The molecular formula is C18H19N5O4. The molecule has 0 aromatic carbocycles. The minimum Gasteiger partial charge on any atom is -0.476 e. The van der Waals surface area contributed by atoms with Gasteiger partial charge in [-0.3, -0.25) is 4.68 Å². The topological polar surface area (TPSA) is 119 Å². The monoisotopic (exact) mass is 369 g/mol. The predicted octanol–water partition coefficient (Wildman–Crippen LogP) is 2.06. The average Bonchev–Trinajstić information content (AvgIpc) is 3.40. The molecule has 27 heavy (non-hydrogen) atoms. The van der Waals surface area contributed by atoms with Crippen LogP contribution in [0.3, 0.4) is 0 Å². The second-order valence-corrected chi connectivity index (χ2v) is 6.36. The summed E-state index contributed by atoms with van der Waals surface area (Å²) in [7, 11) is 0. The number of allylic oxidation sites excluding steroid dienone is 1. The first-order valence-electron chi connectivity index (χ1n) is 8.68. The Hall–Kier alpha value is -3.20. The number of furan rings is 1. The molecule has 4 rings (SSSR count). The van der Waals surface area contributed by atoms with E-state index in [-0.39, 0.29) is 11.7 Å². The molecule has 9 heteroatoms. The van der Waals surface area contributed by atoms with Gasteiger partial charge in [0, 0.05) is 17.3 Å². The van der Waals surface area contributed by atoms with E-state index < -0.39 is 5.97 Å². The fraction of sp³-hybridized carbons (Fsp3) is 0.333. The third kappa shape index (κ3) is 3.41. The van der Waals surface area contributed by atoms with E-state index in [9.17, 15) is 9.90 Å². The van der Waals surface area contributed by atoms with Gasteiger partial charge in [-0.15, -0.1) is 6.58 Å². The molecule has 1 aliphatic rings. The number of nitrogens with zero attached hydrogens (tertiary/aromatic N) is 4. The summed E-state index contributed by atoms with van der Waals surface area (Å²) < 4.78 is 12.2. The molecule has 1 aliphatic carbocycles. The number of hydrogen-bond acceptors (Lipinski definition) is 7. The molecule has 3 aromatic heterocycles. The number of carboxylic acid groups (broad SMARTS) is 1. The second kappa shape index (κ2) is 7.20. The van der Waals surface area contributed by atoms with Gasteiger partial charge < -0.3 is 19.4 Å². The lowest BCUT2D eigenvalue weighted by atomic mass is 9.91. The molecule has 1 atom stereocenters. The Labute approximate surface area is 154 Å². The summed E-state index contributed by atoms with van der Waals surface area (Å²) in [6.07, 6.45) is 5.49. The third-order valence-corrected chi connectivity index (χ3v) is 4.60. The van der Waals surface area contributed by atoms with Gasteiger partial charge in [-0.25, -0.2) is 4.79 Å². The van der Waals surface area contributed by atoms with Crippen LogP contribution in [-0.2, 0) is 25.9 Å². The summed E-state index contributed by atoms with van der Waals surface area (Å²) >= 11 is 0. The van der Waals surface area contributed by atoms with Crippen molar-refractivity contribution in [3.05, 3.63) is 53.8 Å². The van der Waals surface area contributed by atoms with Gasteiger partial charge in [0.15, 0.2) is 17.3 Å². The molecule has 0 saturated carbocycles. The van der Waals surface area contributed by atoms with Gasteiger partial charge in [0.2, 0.25) is 0 Å². The van der Waals surface area contributed by atoms with E-state index in [2.05, 4.69) is 27.1 Å². The Morgan fingerprint density at radius 1 is 1.52 bits per heavy atom. The Kier molecular flexibility index (Phi) is 4.59. The van der Waals surface area contributed by atoms with Crippen molar-refractivity contribution < 1.29 is 18.8 Å². The molecule has 9 nitrogen and oxygen atoms in total. The van der Waals surface area contributed by atoms with Crippen LogP contribution in [0.25, 0.3) is 11.7 Å². The van der Waals surface area contributed by atoms with Crippen molar-refractivity contribution in [3.63, 3.8) is 0 Å². The van der Waals surface area contributed by atoms with Gasteiger partial charge in [-0.05, 0) is 31.4 Å². The molecule has 3 heterocycles. The molecule has 0 fully saturated rings. The Balaban J connectivity index is 1.44. The maximum atomic E-state index is 11.5. The van der Waals surface area contributed by atoms with Crippen molar-refractivity contribution in [2.45, 2.75) is 38.4 Å². The Bertz CT molecular complexity index is 957. The molecule has 0 bridgehead atoms. The quantitative estimate of drug-likeness (QED) is 0.607. The molecule has 0 spiro atoms. The highest BCUT2D eigenvalue weighted by atomic mass is 16.5. The number of aromatic carboxylic acids is 1. The first-order valence-corrected chi connectivity index (χ1v) is 8.68. The standard InChI is InChI=1S/C18H19N5O4/c1-2-7-23-13-6-5-11(9-12(13)16(21-23)18(24)25)19-10-15-20-17(27-22-15)14-4-3-8-26-14/h2-4,8,11,19H,1,5-7,9-10H2,(H,24,25). The lowest BCUT2D eigenvalue weighted by Crippen LogP contribution is -2.35. The van der Waals surface area contributed by atoms with Crippen LogP contribution in [0.1, 0.15) is 34.0 Å². The summed E-state index contributed by atoms with van der Waals surface area (Å²) in [4.78, 5) is 15.8. The van der Waals surface area contributed by atoms with Gasteiger partial charge in [0.25, 0.3) is 5.89 Å². The lowest BCUT2D eigenvalue weighted by Gasteiger charge is -2.23. The van der Waals surface area contributed by atoms with E-state index in [0.717, 1.165) is 24.1 Å². The van der Waals surface area contributed by atoms with E-state index in [4.69, 9.17) is 8.94 Å². The molecule has 0 amide bonds. The first-order chi connectivity index (χ1) is 13.2. The van der Waals surface area contributed by atoms with E-state index in [1.807, 2.05) is 0 Å². The van der Waals surface area contributed by atoms with Crippen LogP contribution in [0.4, 0.5) is 0 Å². The highest BCUT2D eigenvalue weighted by Crippen LogP contribution is 2.25. The summed E-state index contributed by atoms with van der Waals surface area (Å²) in [6, 6.07) is 3.62. The van der Waals surface area contributed by atoms with Crippen LogP contribution in [0.5, 0.6) is 0 Å². The van der Waals surface area contributed by atoms with Crippen LogP contribution in [0.15, 0.2) is 40.0 Å². The van der Waals surface area contributed by atoms with Gasteiger partial charge in [-0.1, -0.05) is 11.2 Å². The first kappa shape index (κ1) is 17.2. The fourth-order valence-electron chi connectivity index (χ4n) is 3.37. The minimum absolute atomic E-state index is 0.113. The maximum absolute atomic E-state index is 11.5. The van der Waals surface area contributed by atoms with Gasteiger partial charge in [0.1, 0.15) is 0 Å². The number of aromatic nitrogens is 4. The fourth-order valence-corrected chi connectivity index (χ4v) is 3.37. The molecule has 0 aliphatic heterocycles. The van der Waals surface area contributed by atoms with Crippen molar-refractivity contribution >= 4 is 5.97 Å². The Morgan fingerprint density at radius 2 is 2.41 bits per heavy atom. The number of carbonyl (C=O) groups is 1. The zero-order valence-corrected chi connectivity index (χ0v) is 14.6. The van der Waals surface area contributed by atoms with Gasteiger partial charge in [-0.2, -0.15) is 10.1 Å². The average molecular weight is 369 g/mol. The minimum atomic E-state index is -1.00. The second-order valence-electron chi connectivity index (χ2n) is 6.36. The van der Waals surface area contributed by atoms with Crippen molar-refractivity contribution in [2.75, 3.05) is 0 Å². The van der Waals surface area contributed by atoms with Crippen LogP contribution in [0.2, 0.25) is 0 Å². The smallest absolute Gasteiger partial charge is 0.356 e. The Morgan fingerprint density at radius 3 is 3.15 bits per heavy atom. The van der Waals surface area contributed by atoms with E-state index >= 15 is 0 Å². The van der Waals surface area contributed by atoms with Crippen molar-refractivity contribution in [2.24, 2.45) is 0 Å². The summed E-state index contributed by atoms with van der Waals surface area (Å²) in [5.74, 6) is 0.377. The molecule has 0 saturated heterocycles. The normalized spacial score (nSPS) is 16.2. The summed E-state index contributed by atoms with van der Waals surface area (Å²) in [5.41, 5.74) is 1.89. The summed E-state index contributed by atoms with van der Waals surface area (Å²) in [5, 5.41) is 21.0. The van der Waals surface area contributed by atoms with Crippen LogP contribution >= 0.6 is 0 Å². The molecular weight excluding hydrogens is 350 g/mol.